The zero-order chi connectivity index (χ0) is 19.4. The maximum Gasteiger partial charge on any atom is 0.315 e. The Balaban J connectivity index is 1.69. The molecule has 26 heavy (non-hydrogen) atoms. The van der Waals surface area contributed by atoms with Crippen molar-refractivity contribution in [2.45, 2.75) is 77.9 Å². The number of nitrogens with one attached hydrogen (secondary N) is 3. The lowest BCUT2D eigenvalue weighted by molar-refractivity contribution is 0.147. The highest BCUT2D eigenvalue weighted by atomic mass is 16.5. The van der Waals surface area contributed by atoms with Crippen LogP contribution in [0.15, 0.2) is 18.2 Å². The molecule has 146 valence electrons. The number of ether oxygens (including phenoxy) is 1. The summed E-state index contributed by atoms with van der Waals surface area (Å²) in [6.07, 6.45) is 2.64. The van der Waals surface area contributed by atoms with Crippen molar-refractivity contribution in [1.29, 1.82) is 0 Å². The van der Waals surface area contributed by atoms with Gasteiger partial charge in [0.2, 0.25) is 0 Å². The van der Waals surface area contributed by atoms with Crippen LogP contribution in [0.2, 0.25) is 0 Å². The number of rotatable bonds is 6. The molecular formula is C21H35N3O2. The first-order valence-corrected chi connectivity index (χ1v) is 9.61. The lowest BCUT2D eigenvalue weighted by atomic mass is 9.80. The second-order valence-electron chi connectivity index (χ2n) is 8.82. The van der Waals surface area contributed by atoms with Crippen LogP contribution in [0.4, 0.5) is 4.79 Å². The number of benzene rings is 1. The Morgan fingerprint density at radius 3 is 2.31 bits per heavy atom. The van der Waals surface area contributed by atoms with E-state index < -0.39 is 0 Å². The largest absolute Gasteiger partial charge is 0.493 e. The highest BCUT2D eigenvalue weighted by Gasteiger charge is 2.38. The average Bonchev–Trinajstić information content (AvgIpc) is 2.46. The lowest BCUT2D eigenvalue weighted by Crippen LogP contribution is -2.62. The Kier molecular flexibility index (Phi) is 6.56. The molecule has 0 saturated carbocycles. The minimum absolute atomic E-state index is 0.0267. The zero-order valence-corrected chi connectivity index (χ0v) is 17.2. The third-order valence-corrected chi connectivity index (χ3v) is 4.79. The summed E-state index contributed by atoms with van der Waals surface area (Å²) in [7, 11) is 0. The number of carbonyl (C=O) groups is 1. The van der Waals surface area contributed by atoms with Gasteiger partial charge in [0.25, 0.3) is 0 Å². The van der Waals surface area contributed by atoms with Crippen molar-refractivity contribution in [3.63, 3.8) is 0 Å². The highest BCUT2D eigenvalue weighted by Crippen LogP contribution is 2.28. The Hall–Kier alpha value is -1.75. The second kappa shape index (κ2) is 8.30. The Morgan fingerprint density at radius 1 is 1.15 bits per heavy atom. The van der Waals surface area contributed by atoms with Gasteiger partial charge >= 0.3 is 6.03 Å². The number of aryl methyl sites for hydroxylation is 2. The fourth-order valence-corrected chi connectivity index (χ4v) is 4.14. The van der Waals surface area contributed by atoms with Crippen LogP contribution in [-0.4, -0.2) is 36.3 Å². The van der Waals surface area contributed by atoms with Crippen LogP contribution in [0, 0.1) is 13.8 Å². The van der Waals surface area contributed by atoms with E-state index in [2.05, 4.69) is 69.6 Å². The second-order valence-corrected chi connectivity index (χ2v) is 8.82. The quantitative estimate of drug-likeness (QED) is 0.677. The molecule has 0 bridgehead atoms. The first kappa shape index (κ1) is 20.6. The first-order valence-electron chi connectivity index (χ1n) is 9.61. The fourth-order valence-electron chi connectivity index (χ4n) is 4.14. The van der Waals surface area contributed by atoms with Crippen LogP contribution >= 0.6 is 0 Å². The molecule has 5 nitrogen and oxygen atoms in total. The predicted octanol–water partition coefficient (Wildman–Crippen LogP) is 3.68. The summed E-state index contributed by atoms with van der Waals surface area (Å²) in [5.74, 6) is 0.955. The van der Waals surface area contributed by atoms with E-state index in [0.717, 1.165) is 36.1 Å². The monoisotopic (exact) mass is 361 g/mol. The maximum absolute atomic E-state index is 12.2. The van der Waals surface area contributed by atoms with E-state index in [4.69, 9.17) is 4.74 Å². The number of hydrogen-bond donors (Lipinski definition) is 3. The summed E-state index contributed by atoms with van der Waals surface area (Å²) >= 11 is 0. The van der Waals surface area contributed by atoms with E-state index in [1.807, 2.05) is 6.07 Å². The van der Waals surface area contributed by atoms with Gasteiger partial charge in [-0.3, -0.25) is 0 Å². The Labute approximate surface area is 158 Å². The fraction of sp³-hybridized carbons (Fsp3) is 0.667. The maximum atomic E-state index is 12.2. The van der Waals surface area contributed by atoms with Crippen LogP contribution in [0.3, 0.4) is 0 Å². The zero-order valence-electron chi connectivity index (χ0n) is 17.2. The van der Waals surface area contributed by atoms with Gasteiger partial charge in [0, 0.05) is 23.7 Å². The third kappa shape index (κ3) is 6.20. The molecule has 1 aromatic rings. The Morgan fingerprint density at radius 2 is 1.73 bits per heavy atom. The molecule has 5 heteroatoms. The van der Waals surface area contributed by atoms with Crippen LogP contribution in [-0.2, 0) is 0 Å². The van der Waals surface area contributed by atoms with Crippen molar-refractivity contribution >= 4 is 6.03 Å². The van der Waals surface area contributed by atoms with Gasteiger partial charge in [0.05, 0.1) is 6.61 Å². The third-order valence-electron chi connectivity index (χ3n) is 4.79. The van der Waals surface area contributed by atoms with Gasteiger partial charge in [-0.25, -0.2) is 4.79 Å². The molecule has 0 aliphatic carbocycles. The summed E-state index contributed by atoms with van der Waals surface area (Å²) < 4.78 is 5.87. The van der Waals surface area contributed by atoms with Crippen molar-refractivity contribution in [3.8, 4) is 5.75 Å². The minimum atomic E-state index is -0.0874. The number of amides is 2. The van der Waals surface area contributed by atoms with E-state index in [1.54, 1.807) is 0 Å². The average molecular weight is 362 g/mol. The lowest BCUT2D eigenvalue weighted by Gasteiger charge is -2.46. The smallest absolute Gasteiger partial charge is 0.315 e. The predicted molar refractivity (Wildman–Crippen MR) is 107 cm³/mol. The summed E-state index contributed by atoms with van der Waals surface area (Å²) in [5.41, 5.74) is 2.34. The molecule has 0 unspecified atom stereocenters. The molecule has 0 spiro atoms. The topological polar surface area (TPSA) is 62.4 Å². The van der Waals surface area contributed by atoms with Crippen molar-refractivity contribution < 1.29 is 9.53 Å². The van der Waals surface area contributed by atoms with Crippen LogP contribution in [0.1, 0.15) is 58.1 Å². The molecule has 1 aliphatic heterocycles. The number of piperidine rings is 1. The van der Waals surface area contributed by atoms with Crippen LogP contribution < -0.4 is 20.7 Å². The molecule has 3 N–H and O–H groups in total. The van der Waals surface area contributed by atoms with Gasteiger partial charge in [0.15, 0.2) is 0 Å². The molecule has 2 amide bonds. The number of para-hydroxylation sites is 1. The van der Waals surface area contributed by atoms with Crippen molar-refractivity contribution in [2.75, 3.05) is 13.2 Å². The Bertz CT molecular complexity index is 589. The van der Waals surface area contributed by atoms with E-state index in [-0.39, 0.29) is 23.2 Å². The summed E-state index contributed by atoms with van der Waals surface area (Å²) in [6, 6.07) is 6.24. The van der Waals surface area contributed by atoms with Gasteiger partial charge in [-0.05, 0) is 71.9 Å². The minimum Gasteiger partial charge on any atom is -0.493 e. The van der Waals surface area contributed by atoms with Gasteiger partial charge in [-0.2, -0.15) is 0 Å². The van der Waals surface area contributed by atoms with E-state index >= 15 is 0 Å². The van der Waals surface area contributed by atoms with Crippen LogP contribution in [0.5, 0.6) is 5.75 Å². The van der Waals surface area contributed by atoms with Crippen LogP contribution in [0.25, 0.3) is 0 Å². The summed E-state index contributed by atoms with van der Waals surface area (Å²) in [5, 5.41) is 9.71. The molecule has 0 atom stereocenters. The number of carbonyl (C=O) groups excluding carboxylic acids is 1. The first-order chi connectivity index (χ1) is 12.1. The number of hydrogen-bond acceptors (Lipinski definition) is 3. The molecule has 2 rings (SSSR count). The summed E-state index contributed by atoms with van der Waals surface area (Å²) in [4.78, 5) is 12.2. The highest BCUT2D eigenvalue weighted by molar-refractivity contribution is 5.74. The van der Waals surface area contributed by atoms with E-state index in [9.17, 15) is 4.79 Å². The standard InChI is InChI=1S/C21H35N3O2/c1-15-9-7-10-16(2)18(15)26-12-8-11-22-19(25)23-17-13-20(3,4)24-21(5,6)14-17/h7,9-10,17,24H,8,11-14H2,1-6H3,(H2,22,23,25). The molecular weight excluding hydrogens is 326 g/mol. The normalized spacial score (nSPS) is 19.0. The summed E-state index contributed by atoms with van der Waals surface area (Å²) in [6.45, 7) is 14.0. The molecule has 1 fully saturated rings. The van der Waals surface area contributed by atoms with Crippen molar-refractivity contribution in [1.82, 2.24) is 16.0 Å². The van der Waals surface area contributed by atoms with Crippen molar-refractivity contribution in [3.05, 3.63) is 29.3 Å². The van der Waals surface area contributed by atoms with Gasteiger partial charge in [-0.15, -0.1) is 0 Å². The molecule has 1 saturated heterocycles. The SMILES string of the molecule is Cc1cccc(C)c1OCCCNC(=O)NC1CC(C)(C)NC(C)(C)C1. The van der Waals surface area contributed by atoms with Gasteiger partial charge in [0.1, 0.15) is 5.75 Å². The molecule has 1 heterocycles. The molecule has 0 aromatic heterocycles. The molecule has 1 aliphatic rings. The molecule has 0 radical (unpaired) electrons. The number of urea groups is 1. The molecule has 1 aromatic carbocycles. The van der Waals surface area contributed by atoms with Gasteiger partial charge in [-0.1, -0.05) is 18.2 Å². The van der Waals surface area contributed by atoms with Gasteiger partial charge < -0.3 is 20.7 Å². The van der Waals surface area contributed by atoms with E-state index in [1.165, 1.54) is 0 Å². The van der Waals surface area contributed by atoms with E-state index in [0.29, 0.717) is 13.2 Å². The van der Waals surface area contributed by atoms with Crippen molar-refractivity contribution in [2.24, 2.45) is 0 Å².